The van der Waals surface area contributed by atoms with Crippen LogP contribution in [0.3, 0.4) is 0 Å². The van der Waals surface area contributed by atoms with Crippen LogP contribution in [0, 0.1) is 34.5 Å². The van der Waals surface area contributed by atoms with Gasteiger partial charge in [0.15, 0.2) is 5.78 Å². The SMILES string of the molecule is C/C(=N\OC(=O)N(CCC1CCCCN1)C1CCC1)[C@H]1CC[C@H]2[C@@H]3CCC4=CC(=O)CC[C@]4(C)[C@H]3CC[C@]12C. The molecule has 1 unspecified atom stereocenters. The average Bonchev–Trinajstić information content (AvgIpc) is 3.26. The van der Waals surface area contributed by atoms with Gasteiger partial charge in [-0.1, -0.05) is 31.0 Å². The van der Waals surface area contributed by atoms with Gasteiger partial charge in [0.25, 0.3) is 0 Å². The summed E-state index contributed by atoms with van der Waals surface area (Å²) in [6.07, 6.45) is 18.8. The van der Waals surface area contributed by atoms with Crippen molar-refractivity contribution in [2.75, 3.05) is 13.1 Å². The molecule has 216 valence electrons. The summed E-state index contributed by atoms with van der Waals surface area (Å²) in [6.45, 7) is 8.93. The predicted octanol–water partition coefficient (Wildman–Crippen LogP) is 7.03. The van der Waals surface area contributed by atoms with Crippen LogP contribution in [-0.4, -0.2) is 47.7 Å². The molecular formula is C33H51N3O3. The zero-order chi connectivity index (χ0) is 27.2. The molecule has 6 nitrogen and oxygen atoms in total. The summed E-state index contributed by atoms with van der Waals surface area (Å²) in [4.78, 5) is 33.1. The number of piperidine rings is 1. The van der Waals surface area contributed by atoms with E-state index >= 15 is 0 Å². The van der Waals surface area contributed by atoms with Crippen molar-refractivity contribution in [2.24, 2.45) is 39.7 Å². The molecule has 1 aliphatic heterocycles. The van der Waals surface area contributed by atoms with Gasteiger partial charge in [-0.05, 0) is 132 Å². The minimum Gasteiger partial charge on any atom is -0.314 e. The van der Waals surface area contributed by atoms with Crippen LogP contribution in [-0.2, 0) is 9.63 Å². The van der Waals surface area contributed by atoms with Crippen LogP contribution in [0.1, 0.15) is 117 Å². The molecule has 6 aliphatic rings. The van der Waals surface area contributed by atoms with Crippen LogP contribution >= 0.6 is 0 Å². The summed E-state index contributed by atoms with van der Waals surface area (Å²) in [5.74, 6) is 2.87. The number of carbonyl (C=O) groups is 2. The number of fused-ring (bicyclic) bond motifs is 5. The van der Waals surface area contributed by atoms with E-state index in [1.165, 1.54) is 56.9 Å². The summed E-state index contributed by atoms with van der Waals surface area (Å²) in [7, 11) is 0. The van der Waals surface area contributed by atoms with Crippen LogP contribution in [0.15, 0.2) is 16.8 Å². The van der Waals surface area contributed by atoms with E-state index in [1.807, 2.05) is 11.0 Å². The summed E-state index contributed by atoms with van der Waals surface area (Å²) in [5.41, 5.74) is 2.90. The number of nitrogens with zero attached hydrogens (tertiary/aromatic N) is 2. The summed E-state index contributed by atoms with van der Waals surface area (Å²) >= 11 is 0. The van der Waals surface area contributed by atoms with Gasteiger partial charge in [0.1, 0.15) is 0 Å². The number of amides is 1. The lowest BCUT2D eigenvalue weighted by Crippen LogP contribution is -2.51. The Balaban J connectivity index is 1.10. The number of oxime groups is 1. The summed E-state index contributed by atoms with van der Waals surface area (Å²) in [6, 6.07) is 0.842. The van der Waals surface area contributed by atoms with E-state index in [-0.39, 0.29) is 16.9 Å². The van der Waals surface area contributed by atoms with Gasteiger partial charge in [0.05, 0.1) is 5.71 Å². The van der Waals surface area contributed by atoms with E-state index in [1.54, 1.807) is 0 Å². The normalized spacial score (nSPS) is 40.6. The molecule has 6 heteroatoms. The lowest BCUT2D eigenvalue weighted by molar-refractivity contribution is -0.117. The zero-order valence-electron chi connectivity index (χ0n) is 24.7. The molecule has 5 aliphatic carbocycles. The van der Waals surface area contributed by atoms with Crippen molar-refractivity contribution in [3.63, 3.8) is 0 Å². The van der Waals surface area contributed by atoms with E-state index in [0.717, 1.165) is 69.7 Å². The Bertz CT molecular complexity index is 1010. The quantitative estimate of drug-likeness (QED) is 0.224. The van der Waals surface area contributed by atoms with Crippen molar-refractivity contribution in [3.05, 3.63) is 11.6 Å². The highest BCUT2D eigenvalue weighted by atomic mass is 16.7. The Morgan fingerprint density at radius 2 is 1.87 bits per heavy atom. The number of carbonyl (C=O) groups excluding carboxylic acids is 2. The van der Waals surface area contributed by atoms with Gasteiger partial charge in [-0.2, -0.15) is 0 Å². The number of nitrogens with one attached hydrogen (secondary N) is 1. The molecule has 1 N–H and O–H groups in total. The molecular weight excluding hydrogens is 486 g/mol. The average molecular weight is 538 g/mol. The summed E-state index contributed by atoms with van der Waals surface area (Å²) in [5, 5.41) is 8.17. The number of ketones is 1. The van der Waals surface area contributed by atoms with Crippen LogP contribution in [0.4, 0.5) is 4.79 Å². The Morgan fingerprint density at radius 3 is 2.62 bits per heavy atom. The highest BCUT2D eigenvalue weighted by molar-refractivity contribution is 5.91. The van der Waals surface area contributed by atoms with Gasteiger partial charge < -0.3 is 10.2 Å². The molecule has 6 rings (SSSR count). The molecule has 5 fully saturated rings. The highest BCUT2D eigenvalue weighted by Gasteiger charge is 2.59. The van der Waals surface area contributed by atoms with Crippen LogP contribution in [0.2, 0.25) is 0 Å². The van der Waals surface area contributed by atoms with Crippen LogP contribution in [0.25, 0.3) is 0 Å². The van der Waals surface area contributed by atoms with Crippen LogP contribution in [0.5, 0.6) is 0 Å². The fourth-order valence-corrected chi connectivity index (χ4v) is 10.1. The molecule has 0 radical (unpaired) electrons. The standard InChI is InChI=1S/C33H51N3O3/c1-22(35-39-31(38)36(25-8-6-9-25)20-16-24-7-4-5-19-34-24)28-12-13-29-27-11-10-23-21-26(37)14-17-32(23,2)30(27)15-18-33(28,29)3/h21,24-25,27-30,34H,4-20H2,1-3H3/b35-22+/t24?,27-,28+,29-,30-,32-,33+/m0/s1. The third kappa shape index (κ3) is 5.02. The number of allylic oxidation sites excluding steroid dienone is 1. The molecule has 0 bridgehead atoms. The van der Waals surface area contributed by atoms with E-state index in [2.05, 4.69) is 31.2 Å². The Kier molecular flexibility index (Phi) is 7.71. The molecule has 0 aromatic heterocycles. The van der Waals surface area contributed by atoms with Crippen LogP contribution < -0.4 is 5.32 Å². The molecule has 0 spiro atoms. The zero-order valence-corrected chi connectivity index (χ0v) is 24.7. The Hall–Kier alpha value is -1.69. The van der Waals surface area contributed by atoms with Crippen molar-refractivity contribution < 1.29 is 14.4 Å². The number of hydrogen-bond acceptors (Lipinski definition) is 5. The van der Waals surface area contributed by atoms with Crippen molar-refractivity contribution in [3.8, 4) is 0 Å². The molecule has 7 atom stereocenters. The Morgan fingerprint density at radius 1 is 1.03 bits per heavy atom. The first-order valence-electron chi connectivity index (χ1n) is 16.3. The number of rotatable bonds is 6. The molecule has 1 heterocycles. The first kappa shape index (κ1) is 27.5. The number of hydrogen-bond donors (Lipinski definition) is 1. The second kappa shape index (κ2) is 10.9. The smallest absolute Gasteiger partial charge is 0.314 e. The fourth-order valence-electron chi connectivity index (χ4n) is 10.1. The molecule has 0 aromatic rings. The summed E-state index contributed by atoms with van der Waals surface area (Å²) < 4.78 is 0. The molecule has 0 aromatic carbocycles. The third-order valence-corrected chi connectivity index (χ3v) is 12.6. The lowest BCUT2D eigenvalue weighted by atomic mass is 9.46. The molecule has 4 saturated carbocycles. The monoisotopic (exact) mass is 537 g/mol. The second-order valence-corrected chi connectivity index (χ2v) is 14.4. The Labute approximate surface area is 235 Å². The maximum Gasteiger partial charge on any atom is 0.436 e. The largest absolute Gasteiger partial charge is 0.436 e. The van der Waals surface area contributed by atoms with Crippen molar-refractivity contribution in [1.82, 2.24) is 10.2 Å². The second-order valence-electron chi connectivity index (χ2n) is 14.4. The molecule has 1 amide bonds. The topological polar surface area (TPSA) is 71.0 Å². The van der Waals surface area contributed by atoms with E-state index in [9.17, 15) is 9.59 Å². The van der Waals surface area contributed by atoms with E-state index < -0.39 is 0 Å². The minimum absolute atomic E-state index is 0.215. The lowest BCUT2D eigenvalue weighted by Gasteiger charge is -2.58. The predicted molar refractivity (Wildman–Crippen MR) is 154 cm³/mol. The van der Waals surface area contributed by atoms with Crippen molar-refractivity contribution in [1.29, 1.82) is 0 Å². The van der Waals surface area contributed by atoms with Crippen molar-refractivity contribution in [2.45, 2.75) is 129 Å². The molecule has 39 heavy (non-hydrogen) atoms. The van der Waals surface area contributed by atoms with Gasteiger partial charge in [0, 0.05) is 31.0 Å². The van der Waals surface area contributed by atoms with Gasteiger partial charge in [-0.3, -0.25) is 9.63 Å². The van der Waals surface area contributed by atoms with E-state index in [0.29, 0.717) is 35.6 Å². The van der Waals surface area contributed by atoms with Gasteiger partial charge in [0.2, 0.25) is 0 Å². The first-order valence-corrected chi connectivity index (χ1v) is 16.3. The fraction of sp³-hybridized carbons (Fsp3) is 0.848. The maximum absolute atomic E-state index is 13.3. The van der Waals surface area contributed by atoms with Crippen molar-refractivity contribution >= 4 is 17.6 Å². The minimum atomic E-state index is -0.246. The maximum atomic E-state index is 13.3. The van der Waals surface area contributed by atoms with Gasteiger partial charge in [-0.15, -0.1) is 0 Å². The van der Waals surface area contributed by atoms with E-state index in [4.69, 9.17) is 4.84 Å². The van der Waals surface area contributed by atoms with Gasteiger partial charge >= 0.3 is 6.09 Å². The van der Waals surface area contributed by atoms with Gasteiger partial charge in [-0.25, -0.2) is 4.79 Å². The highest BCUT2D eigenvalue weighted by Crippen LogP contribution is 2.66. The third-order valence-electron chi connectivity index (χ3n) is 12.6. The first-order chi connectivity index (χ1) is 18.8. The molecule has 1 saturated heterocycles.